The summed E-state index contributed by atoms with van der Waals surface area (Å²) in [6.45, 7) is 3.72. The molecule has 0 aliphatic carbocycles. The highest BCUT2D eigenvalue weighted by Crippen LogP contribution is 2.48. The van der Waals surface area contributed by atoms with E-state index in [1.54, 1.807) is 36.4 Å². The number of thiazole rings is 1. The van der Waals surface area contributed by atoms with Crippen LogP contribution < -0.4 is 23.8 Å². The summed E-state index contributed by atoms with van der Waals surface area (Å²) in [4.78, 5) is 33.5. The molecule has 3 aromatic rings. The lowest BCUT2D eigenvalue weighted by Gasteiger charge is -2.24. The number of methoxy groups -OCH3 is 4. The molecular formula is C26H26N2O7S. The molecule has 36 heavy (non-hydrogen) atoms. The van der Waals surface area contributed by atoms with Gasteiger partial charge in [0.25, 0.3) is 5.78 Å². The number of ketones is 1. The number of aliphatic hydroxyl groups is 1. The van der Waals surface area contributed by atoms with Crippen LogP contribution in [0.25, 0.3) is 5.76 Å². The Labute approximate surface area is 212 Å². The number of amides is 1. The molecule has 9 nitrogen and oxygen atoms in total. The van der Waals surface area contributed by atoms with Crippen molar-refractivity contribution in [3.05, 3.63) is 63.7 Å². The number of aliphatic hydroxyl groups excluding tert-OH is 1. The Hall–Kier alpha value is -4.05. The fourth-order valence-corrected chi connectivity index (χ4v) is 5.00. The minimum absolute atomic E-state index is 0.0788. The third-order valence-corrected chi connectivity index (χ3v) is 7.11. The number of rotatable bonds is 7. The summed E-state index contributed by atoms with van der Waals surface area (Å²) < 4.78 is 21.6. The number of hydrogen-bond donors (Lipinski definition) is 1. The van der Waals surface area contributed by atoms with Crippen LogP contribution in [-0.4, -0.2) is 50.2 Å². The molecule has 4 rings (SSSR count). The third-order valence-electron chi connectivity index (χ3n) is 6.03. The first kappa shape index (κ1) is 25.1. The quantitative estimate of drug-likeness (QED) is 0.283. The molecule has 1 fully saturated rings. The Morgan fingerprint density at radius 2 is 1.56 bits per heavy atom. The highest BCUT2D eigenvalue weighted by Gasteiger charge is 2.48. The van der Waals surface area contributed by atoms with Crippen LogP contribution in [0, 0.1) is 13.8 Å². The van der Waals surface area contributed by atoms with Crippen LogP contribution in [0.3, 0.4) is 0 Å². The number of benzene rings is 2. The van der Waals surface area contributed by atoms with Crippen LogP contribution >= 0.6 is 11.3 Å². The number of anilines is 1. The molecule has 0 spiro atoms. The number of hydrogen-bond acceptors (Lipinski definition) is 9. The summed E-state index contributed by atoms with van der Waals surface area (Å²) in [5, 5.41) is 11.7. The molecule has 10 heteroatoms. The number of nitrogens with zero attached hydrogens (tertiary/aromatic N) is 2. The fourth-order valence-electron chi connectivity index (χ4n) is 4.07. The van der Waals surface area contributed by atoms with E-state index < -0.39 is 17.7 Å². The molecule has 0 saturated carbocycles. The minimum Gasteiger partial charge on any atom is -0.507 e. The largest absolute Gasteiger partial charge is 0.507 e. The van der Waals surface area contributed by atoms with Gasteiger partial charge in [-0.2, -0.15) is 0 Å². The zero-order valence-electron chi connectivity index (χ0n) is 20.7. The Kier molecular flexibility index (Phi) is 6.89. The molecular weight excluding hydrogens is 484 g/mol. The van der Waals surface area contributed by atoms with E-state index in [1.165, 1.54) is 44.7 Å². The van der Waals surface area contributed by atoms with E-state index >= 15 is 0 Å². The van der Waals surface area contributed by atoms with Crippen LogP contribution in [0.1, 0.15) is 27.7 Å². The summed E-state index contributed by atoms with van der Waals surface area (Å²) >= 11 is 1.29. The van der Waals surface area contributed by atoms with Crippen molar-refractivity contribution >= 4 is 33.9 Å². The average Bonchev–Trinajstić information content (AvgIpc) is 3.36. The first-order valence-electron chi connectivity index (χ1n) is 10.9. The van der Waals surface area contributed by atoms with Crippen LogP contribution in [0.5, 0.6) is 23.0 Å². The van der Waals surface area contributed by atoms with Gasteiger partial charge in [-0.05, 0) is 55.8 Å². The van der Waals surface area contributed by atoms with Gasteiger partial charge in [0, 0.05) is 10.4 Å². The number of ether oxygens (including phenoxy) is 4. The van der Waals surface area contributed by atoms with Gasteiger partial charge in [-0.1, -0.05) is 0 Å². The Morgan fingerprint density at radius 3 is 2.03 bits per heavy atom. The van der Waals surface area contributed by atoms with Gasteiger partial charge in [-0.15, -0.1) is 11.3 Å². The van der Waals surface area contributed by atoms with Crippen LogP contribution in [0.2, 0.25) is 0 Å². The Bertz CT molecular complexity index is 1320. The van der Waals surface area contributed by atoms with Gasteiger partial charge in [-0.3, -0.25) is 14.5 Å². The predicted octanol–water partition coefficient (Wildman–Crippen LogP) is 4.42. The molecule has 1 N–H and O–H groups in total. The molecule has 1 saturated heterocycles. The normalized spacial score (nSPS) is 16.8. The summed E-state index contributed by atoms with van der Waals surface area (Å²) in [6.07, 6.45) is 0. The molecule has 1 aliphatic rings. The van der Waals surface area contributed by atoms with Gasteiger partial charge in [0.05, 0.1) is 45.7 Å². The number of carbonyl (C=O) groups excluding carboxylic acids is 2. The van der Waals surface area contributed by atoms with E-state index in [2.05, 4.69) is 4.98 Å². The number of Topliss-reactive ketones (excluding diaryl/α,β-unsaturated/α-hetero) is 1. The SMILES string of the molecule is COc1ccc(C(O)=C2C(=O)C(=O)N(c3nc(C)c(C)s3)C2c2cc(OC)c(OC)c(OC)c2)cc1. The highest BCUT2D eigenvalue weighted by atomic mass is 32.1. The van der Waals surface area contributed by atoms with Gasteiger partial charge in [0.15, 0.2) is 16.6 Å². The fraction of sp³-hybridized carbons (Fsp3) is 0.269. The van der Waals surface area contributed by atoms with Crippen molar-refractivity contribution in [3.63, 3.8) is 0 Å². The number of carbonyl (C=O) groups is 2. The maximum Gasteiger partial charge on any atom is 0.301 e. The van der Waals surface area contributed by atoms with Gasteiger partial charge in [-0.25, -0.2) is 4.98 Å². The molecule has 1 aliphatic heterocycles. The maximum absolute atomic E-state index is 13.4. The first-order chi connectivity index (χ1) is 17.2. The van der Waals surface area contributed by atoms with Crippen LogP contribution in [-0.2, 0) is 9.59 Å². The standard InChI is InChI=1S/C26H26N2O7S/c1-13-14(2)36-26(27-13)28-21(16-11-18(33-4)24(35-6)19(12-16)34-5)20(23(30)25(28)31)22(29)15-7-9-17(32-3)10-8-15/h7-12,21,29H,1-6H3. The Morgan fingerprint density at radius 1 is 0.944 bits per heavy atom. The molecule has 1 unspecified atom stereocenters. The second kappa shape index (κ2) is 9.90. The number of aryl methyl sites for hydroxylation is 2. The van der Waals surface area contributed by atoms with E-state index in [1.807, 2.05) is 13.8 Å². The highest BCUT2D eigenvalue weighted by molar-refractivity contribution is 7.16. The zero-order valence-corrected chi connectivity index (χ0v) is 21.6. The topological polar surface area (TPSA) is 107 Å². The van der Waals surface area contributed by atoms with E-state index in [0.717, 1.165) is 10.6 Å². The molecule has 188 valence electrons. The molecule has 0 bridgehead atoms. The average molecular weight is 511 g/mol. The van der Waals surface area contributed by atoms with Crippen molar-refractivity contribution in [2.24, 2.45) is 0 Å². The lowest BCUT2D eigenvalue weighted by molar-refractivity contribution is -0.132. The molecule has 1 aromatic heterocycles. The first-order valence-corrected chi connectivity index (χ1v) is 11.8. The van der Waals surface area contributed by atoms with Crippen molar-refractivity contribution in [2.45, 2.75) is 19.9 Å². The summed E-state index contributed by atoms with van der Waals surface area (Å²) in [7, 11) is 5.96. The van der Waals surface area contributed by atoms with Crippen LogP contribution in [0.15, 0.2) is 42.0 Å². The zero-order chi connectivity index (χ0) is 26.1. The van der Waals surface area contributed by atoms with Crippen molar-refractivity contribution in [1.29, 1.82) is 0 Å². The molecule has 1 atom stereocenters. The monoisotopic (exact) mass is 510 g/mol. The van der Waals surface area contributed by atoms with E-state index in [9.17, 15) is 14.7 Å². The van der Waals surface area contributed by atoms with Crippen molar-refractivity contribution in [2.75, 3.05) is 33.3 Å². The predicted molar refractivity (Wildman–Crippen MR) is 135 cm³/mol. The number of aromatic nitrogens is 1. The third kappa shape index (κ3) is 4.13. The van der Waals surface area contributed by atoms with Crippen molar-refractivity contribution < 1.29 is 33.6 Å². The maximum atomic E-state index is 13.4. The molecule has 2 heterocycles. The second-order valence-electron chi connectivity index (χ2n) is 7.99. The lowest BCUT2D eigenvalue weighted by atomic mass is 9.94. The van der Waals surface area contributed by atoms with Gasteiger partial charge < -0.3 is 24.1 Å². The summed E-state index contributed by atoms with van der Waals surface area (Å²) in [5.41, 5.74) is 1.50. The second-order valence-corrected chi connectivity index (χ2v) is 9.18. The molecule has 2 aromatic carbocycles. The van der Waals surface area contributed by atoms with Gasteiger partial charge in [0.1, 0.15) is 11.5 Å². The van der Waals surface area contributed by atoms with Crippen LogP contribution in [0.4, 0.5) is 5.13 Å². The molecule has 1 amide bonds. The smallest absolute Gasteiger partial charge is 0.301 e. The van der Waals surface area contributed by atoms with Crippen molar-refractivity contribution in [3.8, 4) is 23.0 Å². The van der Waals surface area contributed by atoms with E-state index in [4.69, 9.17) is 18.9 Å². The van der Waals surface area contributed by atoms with Gasteiger partial charge in [0.2, 0.25) is 5.75 Å². The van der Waals surface area contributed by atoms with Crippen molar-refractivity contribution in [1.82, 2.24) is 4.98 Å². The van der Waals surface area contributed by atoms with E-state index in [0.29, 0.717) is 39.3 Å². The van der Waals surface area contributed by atoms with E-state index in [-0.39, 0.29) is 11.3 Å². The minimum atomic E-state index is -0.995. The Balaban J connectivity index is 2.00. The van der Waals surface area contributed by atoms with Gasteiger partial charge >= 0.3 is 5.91 Å². The summed E-state index contributed by atoms with van der Waals surface area (Å²) in [6, 6.07) is 8.86. The lowest BCUT2D eigenvalue weighted by Crippen LogP contribution is -2.29. The molecule has 0 radical (unpaired) electrons. The summed E-state index contributed by atoms with van der Waals surface area (Å²) in [5.74, 6) is -0.312.